The van der Waals surface area contributed by atoms with Crippen molar-refractivity contribution < 1.29 is 9.18 Å². The molecule has 1 aliphatic rings. The molecule has 0 saturated carbocycles. The van der Waals surface area contributed by atoms with Crippen molar-refractivity contribution in [3.63, 3.8) is 0 Å². The Balaban J connectivity index is 0.00000162. The lowest BCUT2D eigenvalue weighted by Crippen LogP contribution is -2.52. The Hall–Kier alpha value is -0.650. The summed E-state index contributed by atoms with van der Waals surface area (Å²) in [5.74, 6) is -0.707. The van der Waals surface area contributed by atoms with Gasteiger partial charge in [-0.25, -0.2) is 4.39 Å². The third-order valence-corrected chi connectivity index (χ3v) is 3.41. The highest BCUT2D eigenvalue weighted by atomic mass is 79.9. The van der Waals surface area contributed by atoms with Crippen molar-refractivity contribution in [3.05, 3.63) is 34.1 Å². The van der Waals surface area contributed by atoms with Crippen molar-refractivity contribution >= 4 is 34.2 Å². The minimum atomic E-state index is -0.469. The number of nitrogens with zero attached hydrogens (tertiary/aromatic N) is 1. The number of halogens is 3. The molecule has 0 radical (unpaired) electrons. The highest BCUT2D eigenvalue weighted by Crippen LogP contribution is 2.18. The van der Waals surface area contributed by atoms with E-state index in [1.54, 1.807) is 11.0 Å². The van der Waals surface area contributed by atoms with Crippen LogP contribution in [-0.2, 0) is 0 Å². The van der Waals surface area contributed by atoms with Crippen LogP contribution in [-0.4, -0.2) is 36.5 Å². The van der Waals surface area contributed by atoms with Gasteiger partial charge < -0.3 is 10.2 Å². The van der Waals surface area contributed by atoms with Gasteiger partial charge in [0.1, 0.15) is 5.82 Å². The highest BCUT2D eigenvalue weighted by molar-refractivity contribution is 9.10. The van der Waals surface area contributed by atoms with E-state index in [0.29, 0.717) is 11.0 Å². The molecule has 100 valence electrons. The minimum absolute atomic E-state index is 0. The van der Waals surface area contributed by atoms with Gasteiger partial charge in [-0.05, 0) is 25.1 Å². The zero-order valence-electron chi connectivity index (χ0n) is 9.95. The van der Waals surface area contributed by atoms with E-state index in [0.717, 1.165) is 13.1 Å². The maximum Gasteiger partial charge on any atom is 0.257 e. The van der Waals surface area contributed by atoms with Crippen LogP contribution in [0.5, 0.6) is 0 Å². The third kappa shape index (κ3) is 3.22. The number of hydrogen-bond donors (Lipinski definition) is 1. The summed E-state index contributed by atoms with van der Waals surface area (Å²) in [6.07, 6.45) is 0. The summed E-state index contributed by atoms with van der Waals surface area (Å²) >= 11 is 3.25. The molecule has 1 aromatic rings. The fourth-order valence-corrected chi connectivity index (χ4v) is 2.32. The van der Waals surface area contributed by atoms with E-state index in [2.05, 4.69) is 21.2 Å². The first-order chi connectivity index (χ1) is 8.09. The largest absolute Gasteiger partial charge is 0.333 e. The van der Waals surface area contributed by atoms with E-state index in [1.165, 1.54) is 12.1 Å². The van der Waals surface area contributed by atoms with Crippen molar-refractivity contribution in [3.8, 4) is 0 Å². The second-order valence-electron chi connectivity index (χ2n) is 4.18. The number of rotatable bonds is 1. The maximum absolute atomic E-state index is 13.6. The van der Waals surface area contributed by atoms with Crippen molar-refractivity contribution in [2.75, 3.05) is 19.6 Å². The van der Waals surface area contributed by atoms with Crippen molar-refractivity contribution in [1.82, 2.24) is 10.2 Å². The summed E-state index contributed by atoms with van der Waals surface area (Å²) in [5.41, 5.74) is 0.133. The van der Waals surface area contributed by atoms with Crippen LogP contribution in [0.2, 0.25) is 0 Å². The average Bonchev–Trinajstić information content (AvgIpc) is 2.32. The van der Waals surface area contributed by atoms with Gasteiger partial charge in [-0.1, -0.05) is 15.9 Å². The molecule has 1 aromatic carbocycles. The van der Waals surface area contributed by atoms with E-state index in [9.17, 15) is 9.18 Å². The third-order valence-electron chi connectivity index (χ3n) is 2.92. The van der Waals surface area contributed by atoms with Gasteiger partial charge in [-0.3, -0.25) is 4.79 Å². The van der Waals surface area contributed by atoms with Gasteiger partial charge in [0.25, 0.3) is 5.91 Å². The molecule has 1 heterocycles. The van der Waals surface area contributed by atoms with Crippen LogP contribution in [0.25, 0.3) is 0 Å². The van der Waals surface area contributed by atoms with Crippen LogP contribution >= 0.6 is 28.3 Å². The number of benzene rings is 1. The minimum Gasteiger partial charge on any atom is -0.333 e. The number of hydrogen-bond acceptors (Lipinski definition) is 2. The van der Waals surface area contributed by atoms with Crippen molar-refractivity contribution in [2.45, 2.75) is 13.0 Å². The Kier molecular flexibility index (Phi) is 5.56. The smallest absolute Gasteiger partial charge is 0.257 e. The molecule has 0 aromatic heterocycles. The first-order valence-electron chi connectivity index (χ1n) is 5.56. The summed E-state index contributed by atoms with van der Waals surface area (Å²) in [5, 5.41) is 3.20. The van der Waals surface area contributed by atoms with Gasteiger partial charge in [-0.2, -0.15) is 0 Å². The predicted molar refractivity (Wildman–Crippen MR) is 74.7 cm³/mol. The van der Waals surface area contributed by atoms with E-state index in [-0.39, 0.29) is 29.9 Å². The van der Waals surface area contributed by atoms with Crippen molar-refractivity contribution in [1.29, 1.82) is 0 Å². The van der Waals surface area contributed by atoms with Gasteiger partial charge in [0, 0.05) is 30.1 Å². The normalized spacial score (nSPS) is 19.3. The van der Waals surface area contributed by atoms with E-state index in [1.807, 2.05) is 6.92 Å². The molecule has 1 aliphatic heterocycles. The molecule has 0 spiro atoms. The van der Waals surface area contributed by atoms with Crippen LogP contribution in [0.15, 0.2) is 22.7 Å². The summed E-state index contributed by atoms with van der Waals surface area (Å²) in [4.78, 5) is 13.9. The zero-order chi connectivity index (χ0) is 12.4. The Morgan fingerprint density at radius 2 is 2.28 bits per heavy atom. The van der Waals surface area contributed by atoms with E-state index in [4.69, 9.17) is 0 Å². The fraction of sp³-hybridized carbons (Fsp3) is 0.417. The second-order valence-corrected chi connectivity index (χ2v) is 5.09. The van der Waals surface area contributed by atoms with Crippen LogP contribution in [0.4, 0.5) is 4.39 Å². The Morgan fingerprint density at radius 3 is 2.94 bits per heavy atom. The van der Waals surface area contributed by atoms with Crippen LogP contribution in [0, 0.1) is 5.82 Å². The Labute approximate surface area is 120 Å². The molecular weight excluding hydrogens is 322 g/mol. The number of piperazine rings is 1. The molecule has 2 rings (SSSR count). The van der Waals surface area contributed by atoms with Crippen LogP contribution < -0.4 is 5.32 Å². The van der Waals surface area contributed by atoms with E-state index < -0.39 is 5.82 Å². The molecule has 1 fully saturated rings. The molecule has 18 heavy (non-hydrogen) atoms. The first-order valence-corrected chi connectivity index (χ1v) is 6.35. The topological polar surface area (TPSA) is 32.3 Å². The summed E-state index contributed by atoms with van der Waals surface area (Å²) in [6, 6.07) is 4.53. The maximum atomic E-state index is 13.6. The lowest BCUT2D eigenvalue weighted by molar-refractivity contribution is 0.0651. The molecular formula is C12H15BrClFN2O. The number of carbonyl (C=O) groups is 1. The van der Waals surface area contributed by atoms with Gasteiger partial charge in [-0.15, -0.1) is 12.4 Å². The van der Waals surface area contributed by atoms with Gasteiger partial charge in [0.2, 0.25) is 0 Å². The molecule has 0 unspecified atom stereocenters. The Bertz CT molecular complexity index is 444. The van der Waals surface area contributed by atoms with Gasteiger partial charge in [0.15, 0.2) is 0 Å². The molecule has 0 bridgehead atoms. The average molecular weight is 338 g/mol. The monoisotopic (exact) mass is 336 g/mol. The fourth-order valence-electron chi connectivity index (χ4n) is 1.96. The molecule has 1 N–H and O–H groups in total. The van der Waals surface area contributed by atoms with Gasteiger partial charge in [0.05, 0.1) is 5.56 Å². The summed E-state index contributed by atoms with van der Waals surface area (Å²) < 4.78 is 14.3. The van der Waals surface area contributed by atoms with Crippen molar-refractivity contribution in [2.24, 2.45) is 0 Å². The molecule has 1 atom stereocenters. The molecule has 1 amide bonds. The molecule has 0 aliphatic carbocycles. The predicted octanol–water partition coefficient (Wildman–Crippen LogP) is 2.44. The standard InChI is InChI=1S/C12H14BrFN2O.ClH/c1-8-7-15-4-5-16(8)12(17)10-6-9(13)2-3-11(10)14;/h2-3,6,8,15H,4-5,7H2,1H3;1H/t8-;/m0./s1. The SMILES string of the molecule is C[C@H]1CNCCN1C(=O)c1cc(Br)ccc1F.Cl. The lowest BCUT2D eigenvalue weighted by Gasteiger charge is -2.34. The lowest BCUT2D eigenvalue weighted by atomic mass is 10.1. The van der Waals surface area contributed by atoms with Gasteiger partial charge >= 0.3 is 0 Å². The molecule has 6 heteroatoms. The van der Waals surface area contributed by atoms with E-state index >= 15 is 0 Å². The molecule has 3 nitrogen and oxygen atoms in total. The first kappa shape index (κ1) is 15.4. The summed E-state index contributed by atoms with van der Waals surface area (Å²) in [6.45, 7) is 4.08. The number of amides is 1. The number of carbonyl (C=O) groups excluding carboxylic acids is 1. The summed E-state index contributed by atoms with van der Waals surface area (Å²) in [7, 11) is 0. The van der Waals surface area contributed by atoms with Crippen LogP contribution in [0.1, 0.15) is 17.3 Å². The quantitative estimate of drug-likeness (QED) is 0.854. The number of nitrogens with one attached hydrogen (secondary N) is 1. The highest BCUT2D eigenvalue weighted by Gasteiger charge is 2.25. The molecule has 1 saturated heterocycles. The zero-order valence-corrected chi connectivity index (χ0v) is 12.4. The second kappa shape index (κ2) is 6.50. The Morgan fingerprint density at radius 1 is 1.56 bits per heavy atom. The van der Waals surface area contributed by atoms with Crippen LogP contribution in [0.3, 0.4) is 0 Å².